The van der Waals surface area contributed by atoms with Crippen molar-refractivity contribution >= 4 is 22.1 Å². The summed E-state index contributed by atoms with van der Waals surface area (Å²) in [6, 6.07) is 38.1. The Bertz CT molecular complexity index is 1630. The number of hydrogen-bond donors (Lipinski definition) is 0. The van der Waals surface area contributed by atoms with Crippen LogP contribution in [0, 0.1) is 6.92 Å². The van der Waals surface area contributed by atoms with E-state index in [1.807, 2.05) is 0 Å². The van der Waals surface area contributed by atoms with Gasteiger partial charge in [-0.1, -0.05) is 92.7 Å². The van der Waals surface area contributed by atoms with Gasteiger partial charge in [0.05, 0.1) is 0 Å². The Balaban J connectivity index is 1.58. The van der Waals surface area contributed by atoms with Gasteiger partial charge >= 0.3 is 0 Å². The minimum absolute atomic E-state index is 0.0179. The van der Waals surface area contributed by atoms with Crippen molar-refractivity contribution in [1.29, 1.82) is 0 Å². The van der Waals surface area contributed by atoms with Crippen molar-refractivity contribution in [2.24, 2.45) is 0 Å². The summed E-state index contributed by atoms with van der Waals surface area (Å²) in [6.07, 6.45) is 0. The highest BCUT2D eigenvalue weighted by atomic mass is 15.2. The van der Waals surface area contributed by atoms with Gasteiger partial charge in [0.1, 0.15) is 0 Å². The summed E-state index contributed by atoms with van der Waals surface area (Å²) < 4.78 is 0. The molecule has 0 N–H and O–H groups in total. The predicted molar refractivity (Wildman–Crippen MR) is 160 cm³/mol. The van der Waals surface area contributed by atoms with Crippen LogP contribution in [0.15, 0.2) is 103 Å². The first-order valence-electron chi connectivity index (χ1n) is 13.3. The number of rotatable bonds is 3. The molecule has 0 bridgehead atoms. The highest BCUT2D eigenvalue weighted by molar-refractivity contribution is 6.06. The number of fused-ring (bicyclic) bond motifs is 4. The Labute approximate surface area is 221 Å². The zero-order valence-corrected chi connectivity index (χ0v) is 22.8. The Morgan fingerprint density at radius 1 is 0.568 bits per heavy atom. The third-order valence-corrected chi connectivity index (χ3v) is 8.05. The zero-order valence-electron chi connectivity index (χ0n) is 22.8. The van der Waals surface area contributed by atoms with E-state index < -0.39 is 0 Å². The van der Waals surface area contributed by atoms with Crippen molar-refractivity contribution in [2.75, 3.05) is 4.90 Å². The maximum Gasteiger partial charge on any atom is 0.0495 e. The van der Waals surface area contributed by atoms with Gasteiger partial charge in [0, 0.05) is 27.7 Å². The van der Waals surface area contributed by atoms with Crippen LogP contribution in [-0.4, -0.2) is 5.54 Å². The van der Waals surface area contributed by atoms with Crippen molar-refractivity contribution in [1.82, 2.24) is 0 Å². The number of para-hydroxylation sites is 1. The average Bonchev–Trinajstić information content (AvgIpc) is 3.10. The summed E-state index contributed by atoms with van der Waals surface area (Å²) in [5.41, 5.74) is 11.9. The molecule has 184 valence electrons. The van der Waals surface area contributed by atoms with Crippen molar-refractivity contribution in [2.45, 2.75) is 52.5 Å². The fourth-order valence-electron chi connectivity index (χ4n) is 6.32. The quantitative estimate of drug-likeness (QED) is 0.248. The van der Waals surface area contributed by atoms with Gasteiger partial charge in [-0.25, -0.2) is 0 Å². The maximum absolute atomic E-state index is 2.47. The topological polar surface area (TPSA) is 3.24 Å². The fraction of sp³-hybridized carbons (Fsp3) is 0.222. The molecule has 0 atom stereocenters. The van der Waals surface area contributed by atoms with Gasteiger partial charge in [0.25, 0.3) is 0 Å². The lowest BCUT2D eigenvalue weighted by atomic mass is 9.81. The number of aryl methyl sites for hydroxylation is 1. The smallest absolute Gasteiger partial charge is 0.0495 e. The summed E-state index contributed by atoms with van der Waals surface area (Å²) in [7, 11) is 0. The molecule has 5 aromatic carbocycles. The van der Waals surface area contributed by atoms with E-state index in [1.54, 1.807) is 0 Å². The standard InChI is InChI=1S/C36H35N/c1-24-22-33-31(28-17-12-13-19-32(28)36(33,5)6)23-30(24)27-20-21-34(29-18-11-10-16-26(27)29)37(35(2,3)4)25-14-8-7-9-15-25/h7-23H,1-6H3. The van der Waals surface area contributed by atoms with Crippen LogP contribution in [0.1, 0.15) is 51.3 Å². The van der Waals surface area contributed by atoms with Gasteiger partial charge < -0.3 is 4.90 Å². The lowest BCUT2D eigenvalue weighted by Crippen LogP contribution is -2.37. The molecule has 0 aromatic heterocycles. The van der Waals surface area contributed by atoms with Crippen LogP contribution in [-0.2, 0) is 5.41 Å². The molecule has 0 aliphatic heterocycles. The lowest BCUT2D eigenvalue weighted by Gasteiger charge is -2.38. The SMILES string of the molecule is Cc1cc2c(cc1-c1ccc(N(c3ccccc3)C(C)(C)C)c3ccccc13)-c1ccccc1C2(C)C. The molecule has 1 nitrogen and oxygen atoms in total. The molecule has 37 heavy (non-hydrogen) atoms. The molecular weight excluding hydrogens is 446 g/mol. The van der Waals surface area contributed by atoms with Crippen LogP contribution in [0.25, 0.3) is 33.0 Å². The second kappa shape index (κ2) is 8.35. The van der Waals surface area contributed by atoms with Gasteiger partial charge in [0.15, 0.2) is 0 Å². The normalized spacial score (nSPS) is 13.9. The van der Waals surface area contributed by atoms with Gasteiger partial charge in [-0.2, -0.15) is 0 Å². The monoisotopic (exact) mass is 481 g/mol. The first-order valence-corrected chi connectivity index (χ1v) is 13.3. The summed E-state index contributed by atoms with van der Waals surface area (Å²) >= 11 is 0. The average molecular weight is 482 g/mol. The Morgan fingerprint density at radius 2 is 1.22 bits per heavy atom. The van der Waals surface area contributed by atoms with Gasteiger partial charge in [0.2, 0.25) is 0 Å². The van der Waals surface area contributed by atoms with Crippen molar-refractivity contribution in [3.63, 3.8) is 0 Å². The summed E-state index contributed by atoms with van der Waals surface area (Å²) in [5, 5.41) is 2.57. The summed E-state index contributed by atoms with van der Waals surface area (Å²) in [4.78, 5) is 2.47. The molecule has 0 fully saturated rings. The molecule has 0 saturated heterocycles. The van der Waals surface area contributed by atoms with E-state index in [9.17, 15) is 0 Å². The van der Waals surface area contributed by atoms with Crippen LogP contribution in [0.3, 0.4) is 0 Å². The molecule has 0 unspecified atom stereocenters. The number of nitrogens with zero attached hydrogens (tertiary/aromatic N) is 1. The molecule has 0 spiro atoms. The van der Waals surface area contributed by atoms with Crippen molar-refractivity contribution in [3.05, 3.63) is 120 Å². The molecule has 0 amide bonds. The van der Waals surface area contributed by atoms with E-state index in [2.05, 4.69) is 150 Å². The third-order valence-electron chi connectivity index (χ3n) is 8.05. The predicted octanol–water partition coefficient (Wildman–Crippen LogP) is 10.1. The minimum atomic E-state index is -0.0789. The van der Waals surface area contributed by atoms with Crippen molar-refractivity contribution in [3.8, 4) is 22.3 Å². The van der Waals surface area contributed by atoms with Crippen LogP contribution >= 0.6 is 0 Å². The maximum atomic E-state index is 2.47. The van der Waals surface area contributed by atoms with Crippen LogP contribution in [0.5, 0.6) is 0 Å². The second-order valence-corrected chi connectivity index (χ2v) is 11.9. The van der Waals surface area contributed by atoms with E-state index in [0.717, 1.165) is 0 Å². The molecular formula is C36H35N. The van der Waals surface area contributed by atoms with Gasteiger partial charge in [-0.15, -0.1) is 0 Å². The Morgan fingerprint density at radius 3 is 1.95 bits per heavy atom. The zero-order chi connectivity index (χ0) is 25.9. The van der Waals surface area contributed by atoms with Gasteiger partial charge in [-0.3, -0.25) is 0 Å². The van der Waals surface area contributed by atoms with Crippen molar-refractivity contribution < 1.29 is 0 Å². The molecule has 0 radical (unpaired) electrons. The molecule has 1 aliphatic carbocycles. The van der Waals surface area contributed by atoms with E-state index >= 15 is 0 Å². The van der Waals surface area contributed by atoms with Crippen LogP contribution in [0.2, 0.25) is 0 Å². The molecule has 5 aromatic rings. The first kappa shape index (κ1) is 23.6. The highest BCUT2D eigenvalue weighted by Gasteiger charge is 2.36. The number of benzene rings is 5. The summed E-state index contributed by atoms with van der Waals surface area (Å²) in [5.74, 6) is 0. The Kier molecular flexibility index (Phi) is 5.31. The summed E-state index contributed by atoms with van der Waals surface area (Å²) in [6.45, 7) is 13.8. The lowest BCUT2D eigenvalue weighted by molar-refractivity contribution is 0.561. The van der Waals surface area contributed by atoms with E-state index in [-0.39, 0.29) is 11.0 Å². The third kappa shape index (κ3) is 3.68. The van der Waals surface area contributed by atoms with Crippen LogP contribution < -0.4 is 4.90 Å². The molecule has 1 aliphatic rings. The number of hydrogen-bond acceptors (Lipinski definition) is 1. The largest absolute Gasteiger partial charge is 0.336 e. The Hall–Kier alpha value is -3.84. The fourth-order valence-corrected chi connectivity index (χ4v) is 6.32. The van der Waals surface area contributed by atoms with Crippen LogP contribution in [0.4, 0.5) is 11.4 Å². The molecule has 0 saturated carbocycles. The highest BCUT2D eigenvalue weighted by Crippen LogP contribution is 2.51. The van der Waals surface area contributed by atoms with Gasteiger partial charge in [-0.05, 0) is 96.3 Å². The van der Waals surface area contributed by atoms with E-state index in [1.165, 1.54) is 61.1 Å². The first-order chi connectivity index (χ1) is 17.7. The van der Waals surface area contributed by atoms with E-state index in [0.29, 0.717) is 0 Å². The molecule has 6 rings (SSSR count). The molecule has 1 heteroatoms. The number of anilines is 2. The van der Waals surface area contributed by atoms with E-state index in [4.69, 9.17) is 0 Å². The minimum Gasteiger partial charge on any atom is -0.336 e. The second-order valence-electron chi connectivity index (χ2n) is 11.9. The molecule has 0 heterocycles.